The van der Waals surface area contributed by atoms with Crippen LogP contribution in [0.2, 0.25) is 0 Å². The molecule has 1 aliphatic carbocycles. The predicted octanol–water partition coefficient (Wildman–Crippen LogP) is 2.28. The highest BCUT2D eigenvalue weighted by atomic mass is 15.0. The van der Waals surface area contributed by atoms with Crippen LogP contribution in [-0.4, -0.2) is 13.1 Å². The number of hydrogen-bond donors (Lipinski definition) is 1. The van der Waals surface area contributed by atoms with Crippen molar-refractivity contribution in [3.05, 3.63) is 0 Å². The molecule has 0 radical (unpaired) electrons. The van der Waals surface area contributed by atoms with Gasteiger partial charge in [-0.25, -0.2) is 0 Å². The zero-order valence-electron chi connectivity index (χ0n) is 6.70. The third kappa shape index (κ3) is 1.51. The third-order valence-electron chi connectivity index (χ3n) is 2.46. The fraction of sp³-hybridized carbons (Fsp3) is 1.00. The number of piperidine rings is 1. The molecule has 10 heavy (non-hydrogen) atoms. The normalized spacial score (nSPS) is 40.5. The second kappa shape index (κ2) is 3.38. The fourth-order valence-corrected chi connectivity index (χ4v) is 1.57. The molecule has 1 aliphatic heterocycles. The minimum absolute atomic E-state index is 0. The topological polar surface area (TPSA) is 12.0 Å². The largest absolute Gasteiger partial charge is 0.316 e. The molecule has 2 unspecified atom stereocenters. The minimum Gasteiger partial charge on any atom is -0.316 e. The van der Waals surface area contributed by atoms with Gasteiger partial charge in [0.15, 0.2) is 0 Å². The van der Waals surface area contributed by atoms with E-state index in [2.05, 4.69) is 12.2 Å². The lowest BCUT2D eigenvalue weighted by molar-refractivity contribution is 0.576. The number of fused-ring (bicyclic) bond motifs is 1. The summed E-state index contributed by atoms with van der Waals surface area (Å²) in [6.07, 6.45) is 1.49. The van der Waals surface area contributed by atoms with Crippen molar-refractivity contribution >= 4 is 0 Å². The van der Waals surface area contributed by atoms with Crippen molar-refractivity contribution in [2.45, 2.75) is 34.6 Å². The van der Waals surface area contributed by atoms with Gasteiger partial charge in [0.25, 0.3) is 0 Å². The summed E-state index contributed by atoms with van der Waals surface area (Å²) in [5, 5.41) is 3.36. The van der Waals surface area contributed by atoms with Gasteiger partial charge in [-0.3, -0.25) is 0 Å². The van der Waals surface area contributed by atoms with Crippen LogP contribution in [0.4, 0.5) is 0 Å². The van der Waals surface area contributed by atoms with Gasteiger partial charge in [-0.15, -0.1) is 0 Å². The molecule has 0 amide bonds. The first-order chi connectivity index (χ1) is 4.31. The first-order valence-corrected chi connectivity index (χ1v) is 4.02. The molecule has 2 atom stereocenters. The summed E-state index contributed by atoms with van der Waals surface area (Å²) in [4.78, 5) is 0. The van der Waals surface area contributed by atoms with Gasteiger partial charge in [0, 0.05) is 6.54 Å². The molecule has 0 aromatic heterocycles. The van der Waals surface area contributed by atoms with E-state index in [1.165, 1.54) is 19.5 Å². The Labute approximate surface area is 65.2 Å². The fourth-order valence-electron chi connectivity index (χ4n) is 1.57. The van der Waals surface area contributed by atoms with E-state index in [1.807, 2.05) is 13.8 Å². The summed E-state index contributed by atoms with van der Waals surface area (Å²) in [5.41, 5.74) is 0.750. The van der Waals surface area contributed by atoms with E-state index in [9.17, 15) is 0 Å². The van der Waals surface area contributed by atoms with Crippen molar-refractivity contribution in [1.29, 1.82) is 0 Å². The standard InChI is InChI=1S/C6H11N.C2H6.CH4/c1-6-2-5(6)3-7-4-6;1-2;/h5,7H,2-4H2,1H3;1-2H3;1H4. The van der Waals surface area contributed by atoms with Gasteiger partial charge >= 0.3 is 0 Å². The van der Waals surface area contributed by atoms with Gasteiger partial charge in [0.1, 0.15) is 0 Å². The molecule has 1 saturated heterocycles. The number of rotatable bonds is 0. The van der Waals surface area contributed by atoms with Crippen LogP contribution in [0.15, 0.2) is 0 Å². The highest BCUT2D eigenvalue weighted by Crippen LogP contribution is 2.54. The molecule has 1 N–H and O–H groups in total. The van der Waals surface area contributed by atoms with Crippen molar-refractivity contribution in [3.63, 3.8) is 0 Å². The maximum Gasteiger partial charge on any atom is 0.000853 e. The van der Waals surface area contributed by atoms with Crippen LogP contribution in [0.25, 0.3) is 0 Å². The molecule has 1 heterocycles. The Morgan fingerprint density at radius 3 is 2.10 bits per heavy atom. The van der Waals surface area contributed by atoms with E-state index < -0.39 is 0 Å². The summed E-state index contributed by atoms with van der Waals surface area (Å²) in [5.74, 6) is 1.05. The van der Waals surface area contributed by atoms with Gasteiger partial charge in [-0.2, -0.15) is 0 Å². The van der Waals surface area contributed by atoms with E-state index in [0.717, 1.165) is 11.3 Å². The zero-order chi connectivity index (χ0) is 6.91. The molecule has 0 spiro atoms. The first kappa shape index (κ1) is 9.96. The van der Waals surface area contributed by atoms with E-state index in [-0.39, 0.29) is 7.43 Å². The van der Waals surface area contributed by atoms with Gasteiger partial charge in [0.05, 0.1) is 0 Å². The Kier molecular flexibility index (Phi) is 3.37. The molecule has 2 rings (SSSR count). The average molecular weight is 143 g/mol. The molecule has 0 aromatic carbocycles. The monoisotopic (exact) mass is 143 g/mol. The van der Waals surface area contributed by atoms with Crippen LogP contribution in [-0.2, 0) is 0 Å². The molecule has 1 saturated carbocycles. The van der Waals surface area contributed by atoms with E-state index in [4.69, 9.17) is 0 Å². The number of nitrogens with one attached hydrogen (secondary N) is 1. The molecule has 0 bridgehead atoms. The minimum atomic E-state index is 0. The summed E-state index contributed by atoms with van der Waals surface area (Å²) >= 11 is 0. The quantitative estimate of drug-likeness (QED) is 0.548. The Morgan fingerprint density at radius 2 is 2.00 bits per heavy atom. The van der Waals surface area contributed by atoms with Crippen molar-refractivity contribution < 1.29 is 0 Å². The Balaban J connectivity index is 0.000000251. The summed E-state index contributed by atoms with van der Waals surface area (Å²) < 4.78 is 0. The molecular formula is C9H21N. The molecule has 1 heteroatoms. The third-order valence-corrected chi connectivity index (χ3v) is 2.46. The summed E-state index contributed by atoms with van der Waals surface area (Å²) in [6, 6.07) is 0. The smallest absolute Gasteiger partial charge is 0.000853 e. The molecular weight excluding hydrogens is 122 g/mol. The van der Waals surface area contributed by atoms with Crippen LogP contribution >= 0.6 is 0 Å². The summed E-state index contributed by atoms with van der Waals surface area (Å²) in [7, 11) is 0. The second-order valence-electron chi connectivity index (χ2n) is 3.19. The van der Waals surface area contributed by atoms with Gasteiger partial charge < -0.3 is 5.32 Å². The molecule has 62 valence electrons. The summed E-state index contributed by atoms with van der Waals surface area (Å²) in [6.45, 7) is 8.94. The van der Waals surface area contributed by atoms with Gasteiger partial charge in [-0.1, -0.05) is 28.2 Å². The highest BCUT2D eigenvalue weighted by molar-refractivity contribution is 5.05. The van der Waals surface area contributed by atoms with Crippen molar-refractivity contribution in [2.24, 2.45) is 11.3 Å². The average Bonchev–Trinajstić information content (AvgIpc) is 2.38. The van der Waals surface area contributed by atoms with Crippen LogP contribution < -0.4 is 5.32 Å². The van der Waals surface area contributed by atoms with Crippen molar-refractivity contribution in [1.82, 2.24) is 5.32 Å². The van der Waals surface area contributed by atoms with E-state index in [0.29, 0.717) is 0 Å². The second-order valence-corrected chi connectivity index (χ2v) is 3.19. The molecule has 2 fully saturated rings. The Morgan fingerprint density at radius 1 is 1.40 bits per heavy atom. The van der Waals surface area contributed by atoms with Crippen molar-refractivity contribution in [3.8, 4) is 0 Å². The predicted molar refractivity (Wildman–Crippen MR) is 47.2 cm³/mol. The van der Waals surface area contributed by atoms with Crippen LogP contribution in [0.5, 0.6) is 0 Å². The Bertz CT molecular complexity index is 98.9. The maximum atomic E-state index is 3.36. The van der Waals surface area contributed by atoms with Crippen LogP contribution in [0, 0.1) is 11.3 Å². The van der Waals surface area contributed by atoms with Crippen LogP contribution in [0.3, 0.4) is 0 Å². The first-order valence-electron chi connectivity index (χ1n) is 4.02. The number of hydrogen-bond acceptors (Lipinski definition) is 1. The maximum absolute atomic E-state index is 3.36. The van der Waals surface area contributed by atoms with E-state index >= 15 is 0 Å². The molecule has 2 aliphatic rings. The molecule has 0 aromatic rings. The van der Waals surface area contributed by atoms with Crippen molar-refractivity contribution in [2.75, 3.05) is 13.1 Å². The zero-order valence-corrected chi connectivity index (χ0v) is 6.70. The van der Waals surface area contributed by atoms with Gasteiger partial charge in [0.2, 0.25) is 0 Å². The van der Waals surface area contributed by atoms with Gasteiger partial charge in [-0.05, 0) is 24.3 Å². The molecule has 1 nitrogen and oxygen atoms in total. The highest BCUT2D eigenvalue weighted by Gasteiger charge is 2.52. The van der Waals surface area contributed by atoms with Crippen LogP contribution in [0.1, 0.15) is 34.6 Å². The lowest BCUT2D eigenvalue weighted by atomic mass is 10.1. The lowest BCUT2D eigenvalue weighted by Gasteiger charge is -1.97. The lowest BCUT2D eigenvalue weighted by Crippen LogP contribution is -2.13. The SMILES string of the molecule is C.CC.CC12CNCC1C2. The Hall–Kier alpha value is -0.0400. The van der Waals surface area contributed by atoms with E-state index in [1.54, 1.807) is 0 Å².